The summed E-state index contributed by atoms with van der Waals surface area (Å²) in [4.78, 5) is 5.30. The lowest BCUT2D eigenvalue weighted by atomic mass is 9.99. The summed E-state index contributed by atoms with van der Waals surface area (Å²) in [6.45, 7) is 11.2. The van der Waals surface area contributed by atoms with Gasteiger partial charge in [0.25, 0.3) is 0 Å². The average molecular weight is 344 g/mol. The molecule has 2 aliphatic rings. The van der Waals surface area contributed by atoms with E-state index in [1.165, 1.54) is 89.9 Å². The zero-order valence-corrected chi connectivity index (χ0v) is 16.1. The van der Waals surface area contributed by atoms with Crippen LogP contribution in [0.5, 0.6) is 0 Å². The molecule has 0 amide bonds. The van der Waals surface area contributed by atoms with E-state index in [0.717, 1.165) is 12.0 Å². The molecule has 0 bridgehead atoms. The highest BCUT2D eigenvalue weighted by atomic mass is 15.1. The molecule has 0 radical (unpaired) electrons. The van der Waals surface area contributed by atoms with E-state index in [1.54, 1.807) is 0 Å². The van der Waals surface area contributed by atoms with Crippen molar-refractivity contribution in [2.24, 2.45) is 5.92 Å². The molecule has 140 valence electrons. The maximum atomic E-state index is 3.81. The van der Waals surface area contributed by atoms with E-state index in [9.17, 15) is 0 Å². The minimum atomic E-state index is 0.745. The van der Waals surface area contributed by atoms with Crippen molar-refractivity contribution >= 4 is 0 Å². The van der Waals surface area contributed by atoms with Crippen molar-refractivity contribution in [1.29, 1.82) is 0 Å². The van der Waals surface area contributed by atoms with E-state index >= 15 is 0 Å². The Morgan fingerprint density at radius 2 is 1.52 bits per heavy atom. The van der Waals surface area contributed by atoms with Crippen LogP contribution in [0, 0.1) is 5.92 Å². The predicted molar refractivity (Wildman–Crippen MR) is 107 cm³/mol. The molecule has 2 fully saturated rings. The van der Waals surface area contributed by atoms with Crippen molar-refractivity contribution in [3.05, 3.63) is 35.9 Å². The van der Waals surface area contributed by atoms with Gasteiger partial charge in [0.2, 0.25) is 0 Å². The quantitative estimate of drug-likeness (QED) is 0.730. The Hall–Kier alpha value is -0.900. The molecule has 1 aromatic carbocycles. The molecule has 2 aliphatic heterocycles. The molecular weight excluding hydrogens is 306 g/mol. The Labute approximate surface area is 154 Å². The van der Waals surface area contributed by atoms with Gasteiger partial charge in [-0.05, 0) is 89.3 Å². The molecule has 0 spiro atoms. The van der Waals surface area contributed by atoms with Crippen molar-refractivity contribution in [2.45, 2.75) is 51.5 Å². The molecule has 3 heteroatoms. The van der Waals surface area contributed by atoms with Crippen LogP contribution in [0.1, 0.15) is 44.6 Å². The standard InChI is InChI=1S/C22H37N3/c1-20-8-15-24(16-9-20)14-5-13-23-22-11-18-25(19-12-22)17-10-21-6-3-2-4-7-21/h2-4,6-7,20,22-23H,5,8-19H2,1H3. The van der Waals surface area contributed by atoms with E-state index in [-0.39, 0.29) is 0 Å². The first-order valence-corrected chi connectivity index (χ1v) is 10.5. The number of nitrogens with one attached hydrogen (secondary N) is 1. The summed E-state index contributed by atoms with van der Waals surface area (Å²) >= 11 is 0. The first-order valence-electron chi connectivity index (χ1n) is 10.5. The summed E-state index contributed by atoms with van der Waals surface area (Å²) in [5.41, 5.74) is 1.47. The summed E-state index contributed by atoms with van der Waals surface area (Å²) in [6, 6.07) is 11.6. The molecule has 25 heavy (non-hydrogen) atoms. The second kappa shape index (κ2) is 10.3. The number of hydrogen-bond donors (Lipinski definition) is 1. The molecule has 3 rings (SSSR count). The van der Waals surface area contributed by atoms with Crippen molar-refractivity contribution in [2.75, 3.05) is 45.8 Å². The van der Waals surface area contributed by atoms with Gasteiger partial charge < -0.3 is 15.1 Å². The molecule has 2 saturated heterocycles. The van der Waals surface area contributed by atoms with Crippen molar-refractivity contribution < 1.29 is 0 Å². The average Bonchev–Trinajstić information content (AvgIpc) is 2.67. The predicted octanol–water partition coefficient (Wildman–Crippen LogP) is 3.41. The fourth-order valence-corrected chi connectivity index (χ4v) is 4.19. The summed E-state index contributed by atoms with van der Waals surface area (Å²) < 4.78 is 0. The number of likely N-dealkylation sites (tertiary alicyclic amines) is 2. The van der Waals surface area contributed by atoms with Crippen LogP contribution in [0.3, 0.4) is 0 Å². The summed E-state index contributed by atoms with van der Waals surface area (Å²) in [6.07, 6.45) is 7.92. The summed E-state index contributed by atoms with van der Waals surface area (Å²) in [5.74, 6) is 0.946. The molecule has 1 aromatic rings. The van der Waals surface area contributed by atoms with Gasteiger partial charge in [-0.3, -0.25) is 0 Å². The van der Waals surface area contributed by atoms with Crippen LogP contribution < -0.4 is 5.32 Å². The van der Waals surface area contributed by atoms with E-state index < -0.39 is 0 Å². The van der Waals surface area contributed by atoms with Crippen LogP contribution in [0.25, 0.3) is 0 Å². The highest BCUT2D eigenvalue weighted by Crippen LogP contribution is 2.16. The molecular formula is C22H37N3. The van der Waals surface area contributed by atoms with Gasteiger partial charge in [0, 0.05) is 12.6 Å². The van der Waals surface area contributed by atoms with Crippen molar-refractivity contribution in [1.82, 2.24) is 15.1 Å². The third kappa shape index (κ3) is 6.73. The largest absolute Gasteiger partial charge is 0.314 e. The second-order valence-electron chi connectivity index (χ2n) is 8.18. The van der Waals surface area contributed by atoms with Crippen LogP contribution in [0.2, 0.25) is 0 Å². The molecule has 0 aromatic heterocycles. The van der Waals surface area contributed by atoms with Crippen LogP contribution >= 0.6 is 0 Å². The Kier molecular flexibility index (Phi) is 7.78. The summed E-state index contributed by atoms with van der Waals surface area (Å²) in [7, 11) is 0. The van der Waals surface area contributed by atoms with Crippen LogP contribution in [0.15, 0.2) is 30.3 Å². The van der Waals surface area contributed by atoms with Crippen LogP contribution in [0.4, 0.5) is 0 Å². The van der Waals surface area contributed by atoms with Gasteiger partial charge >= 0.3 is 0 Å². The fraction of sp³-hybridized carbons (Fsp3) is 0.727. The highest BCUT2D eigenvalue weighted by Gasteiger charge is 2.19. The Balaban J connectivity index is 1.22. The maximum absolute atomic E-state index is 3.81. The smallest absolute Gasteiger partial charge is 0.00914 e. The third-order valence-corrected chi connectivity index (χ3v) is 6.11. The van der Waals surface area contributed by atoms with Gasteiger partial charge in [-0.2, -0.15) is 0 Å². The van der Waals surface area contributed by atoms with E-state index in [1.807, 2.05) is 0 Å². The van der Waals surface area contributed by atoms with Gasteiger partial charge in [-0.25, -0.2) is 0 Å². The van der Waals surface area contributed by atoms with E-state index in [4.69, 9.17) is 0 Å². The van der Waals surface area contributed by atoms with Gasteiger partial charge in [-0.1, -0.05) is 37.3 Å². The molecule has 1 N–H and O–H groups in total. The zero-order valence-electron chi connectivity index (χ0n) is 16.1. The monoisotopic (exact) mass is 343 g/mol. The van der Waals surface area contributed by atoms with Crippen molar-refractivity contribution in [3.63, 3.8) is 0 Å². The first-order chi connectivity index (χ1) is 12.3. The number of piperidine rings is 2. The van der Waals surface area contributed by atoms with Gasteiger partial charge in [0.05, 0.1) is 0 Å². The van der Waals surface area contributed by atoms with Crippen molar-refractivity contribution in [3.8, 4) is 0 Å². The maximum Gasteiger partial charge on any atom is 0.00914 e. The first kappa shape index (κ1) is 18.9. The molecule has 0 aliphatic carbocycles. The minimum Gasteiger partial charge on any atom is -0.314 e. The van der Waals surface area contributed by atoms with E-state index in [2.05, 4.69) is 52.4 Å². The lowest BCUT2D eigenvalue weighted by Crippen LogP contribution is -2.44. The molecule has 0 saturated carbocycles. The fourth-order valence-electron chi connectivity index (χ4n) is 4.19. The number of hydrogen-bond acceptors (Lipinski definition) is 3. The van der Waals surface area contributed by atoms with E-state index in [0.29, 0.717) is 0 Å². The number of benzene rings is 1. The van der Waals surface area contributed by atoms with Crippen LogP contribution in [-0.4, -0.2) is 61.7 Å². The number of nitrogens with zero attached hydrogens (tertiary/aromatic N) is 2. The molecule has 2 heterocycles. The lowest BCUT2D eigenvalue weighted by Gasteiger charge is -2.33. The molecule has 0 unspecified atom stereocenters. The zero-order chi connectivity index (χ0) is 17.3. The molecule has 0 atom stereocenters. The Bertz CT molecular complexity index is 459. The normalized spacial score (nSPS) is 21.6. The lowest BCUT2D eigenvalue weighted by molar-refractivity contribution is 0.182. The second-order valence-corrected chi connectivity index (χ2v) is 8.18. The SMILES string of the molecule is CC1CCN(CCCNC2CCN(CCc3ccccc3)CC2)CC1. The van der Waals surface area contributed by atoms with Crippen LogP contribution in [-0.2, 0) is 6.42 Å². The highest BCUT2D eigenvalue weighted by molar-refractivity contribution is 5.14. The molecule has 3 nitrogen and oxygen atoms in total. The van der Waals surface area contributed by atoms with Gasteiger partial charge in [-0.15, -0.1) is 0 Å². The van der Waals surface area contributed by atoms with Gasteiger partial charge in [0.15, 0.2) is 0 Å². The summed E-state index contributed by atoms with van der Waals surface area (Å²) in [5, 5.41) is 3.81. The number of rotatable bonds is 8. The Morgan fingerprint density at radius 1 is 0.880 bits per heavy atom. The minimum absolute atomic E-state index is 0.745. The third-order valence-electron chi connectivity index (χ3n) is 6.11. The van der Waals surface area contributed by atoms with Gasteiger partial charge in [0.1, 0.15) is 0 Å². The Morgan fingerprint density at radius 3 is 2.24 bits per heavy atom. The topological polar surface area (TPSA) is 18.5 Å².